The third-order valence-corrected chi connectivity index (χ3v) is 4.16. The predicted molar refractivity (Wildman–Crippen MR) is 85.0 cm³/mol. The second-order valence-electron chi connectivity index (χ2n) is 5.77. The average molecular weight is 332 g/mol. The van der Waals surface area contributed by atoms with Gasteiger partial charge >= 0.3 is 0 Å². The highest BCUT2D eigenvalue weighted by atomic mass is 19.2. The lowest BCUT2D eigenvalue weighted by molar-refractivity contribution is -0.120. The fourth-order valence-electron chi connectivity index (χ4n) is 2.98. The summed E-state index contributed by atoms with van der Waals surface area (Å²) in [5, 5.41) is 3.20. The number of carbonyl (C=O) groups is 1. The van der Waals surface area contributed by atoms with Crippen molar-refractivity contribution in [3.05, 3.63) is 71.3 Å². The number of nitrogens with one attached hydrogen (secondary N) is 1. The number of hydrogen-bond acceptors (Lipinski definition) is 3. The molecule has 0 bridgehead atoms. The molecule has 4 nitrogen and oxygen atoms in total. The minimum atomic E-state index is -0.920. The number of ether oxygens (including phenoxy) is 1. The van der Waals surface area contributed by atoms with E-state index < -0.39 is 29.7 Å². The van der Waals surface area contributed by atoms with Crippen LogP contribution in [0.5, 0.6) is 0 Å². The Morgan fingerprint density at radius 1 is 1.17 bits per heavy atom. The molecule has 0 saturated carbocycles. The lowest BCUT2D eigenvalue weighted by atomic mass is 9.99. The first kappa shape index (κ1) is 16.5. The smallest absolute Gasteiger partial charge is 0.239 e. The Bertz CT molecular complexity index is 724. The van der Waals surface area contributed by atoms with Gasteiger partial charge < -0.3 is 10.5 Å². The van der Waals surface area contributed by atoms with E-state index in [-0.39, 0.29) is 6.04 Å². The van der Waals surface area contributed by atoms with Gasteiger partial charge in [0.1, 0.15) is 6.04 Å². The highest BCUT2D eigenvalue weighted by Gasteiger charge is 2.33. The molecule has 1 amide bonds. The SMILES string of the molecule is NC(=O)[C@H](N[C@@H]1CCO[C@@H]1c1ccc(F)c(F)c1)c1ccccc1. The van der Waals surface area contributed by atoms with Crippen molar-refractivity contribution in [1.29, 1.82) is 0 Å². The van der Waals surface area contributed by atoms with Gasteiger partial charge in [-0.25, -0.2) is 8.78 Å². The fourth-order valence-corrected chi connectivity index (χ4v) is 2.98. The van der Waals surface area contributed by atoms with E-state index in [1.807, 2.05) is 30.3 Å². The van der Waals surface area contributed by atoms with E-state index in [0.29, 0.717) is 18.6 Å². The summed E-state index contributed by atoms with van der Waals surface area (Å²) in [7, 11) is 0. The molecule has 0 aromatic heterocycles. The molecule has 3 rings (SSSR count). The molecule has 0 spiro atoms. The summed E-state index contributed by atoms with van der Waals surface area (Å²) in [6.07, 6.45) is 0.172. The summed E-state index contributed by atoms with van der Waals surface area (Å²) in [6, 6.07) is 11.9. The Morgan fingerprint density at radius 3 is 2.58 bits per heavy atom. The van der Waals surface area contributed by atoms with Crippen molar-refractivity contribution in [2.45, 2.75) is 24.6 Å². The zero-order valence-electron chi connectivity index (χ0n) is 12.9. The van der Waals surface area contributed by atoms with E-state index >= 15 is 0 Å². The third kappa shape index (κ3) is 3.44. The zero-order chi connectivity index (χ0) is 17.1. The van der Waals surface area contributed by atoms with Gasteiger partial charge in [0, 0.05) is 12.6 Å². The molecular formula is C18H18F2N2O2. The molecule has 0 aliphatic carbocycles. The Labute approximate surface area is 138 Å². The van der Waals surface area contributed by atoms with Crippen LogP contribution in [-0.2, 0) is 9.53 Å². The van der Waals surface area contributed by atoms with Gasteiger partial charge in [-0.3, -0.25) is 10.1 Å². The number of hydrogen-bond donors (Lipinski definition) is 2. The third-order valence-electron chi connectivity index (χ3n) is 4.16. The zero-order valence-corrected chi connectivity index (χ0v) is 12.9. The van der Waals surface area contributed by atoms with Crippen molar-refractivity contribution in [3.8, 4) is 0 Å². The fraction of sp³-hybridized carbons (Fsp3) is 0.278. The number of primary amides is 1. The Hall–Kier alpha value is -2.31. The molecule has 6 heteroatoms. The predicted octanol–water partition coefficient (Wildman–Crippen LogP) is 2.61. The molecule has 2 aromatic carbocycles. The Balaban J connectivity index is 1.82. The molecule has 1 saturated heterocycles. The number of rotatable bonds is 5. The van der Waals surface area contributed by atoms with E-state index in [0.717, 1.165) is 17.7 Å². The number of carbonyl (C=O) groups excluding carboxylic acids is 1. The van der Waals surface area contributed by atoms with Crippen LogP contribution >= 0.6 is 0 Å². The van der Waals surface area contributed by atoms with Crippen LogP contribution < -0.4 is 11.1 Å². The van der Waals surface area contributed by atoms with Crippen molar-refractivity contribution >= 4 is 5.91 Å². The van der Waals surface area contributed by atoms with Crippen LogP contribution in [-0.4, -0.2) is 18.6 Å². The molecule has 126 valence electrons. The van der Waals surface area contributed by atoms with Gasteiger partial charge in [-0.05, 0) is 29.7 Å². The summed E-state index contributed by atoms with van der Waals surface area (Å²) in [6.45, 7) is 0.460. The largest absolute Gasteiger partial charge is 0.372 e. The molecule has 0 unspecified atom stereocenters. The first-order valence-electron chi connectivity index (χ1n) is 7.73. The summed E-state index contributed by atoms with van der Waals surface area (Å²) in [5.41, 5.74) is 6.80. The molecule has 3 N–H and O–H groups in total. The van der Waals surface area contributed by atoms with Crippen molar-refractivity contribution in [1.82, 2.24) is 5.32 Å². The standard InChI is InChI=1S/C18H18F2N2O2/c19-13-7-6-12(10-14(13)20)17-15(8-9-24-17)22-16(18(21)23)11-4-2-1-3-5-11/h1-7,10,15-17,22H,8-9H2,(H2,21,23)/t15-,16-,17-/m1/s1. The van der Waals surface area contributed by atoms with Crippen molar-refractivity contribution in [2.24, 2.45) is 5.73 Å². The second-order valence-corrected chi connectivity index (χ2v) is 5.77. The first-order chi connectivity index (χ1) is 11.6. The Kier molecular flexibility index (Phi) is 4.87. The molecule has 3 atom stereocenters. The van der Waals surface area contributed by atoms with Crippen LogP contribution in [0.2, 0.25) is 0 Å². The number of benzene rings is 2. The second kappa shape index (κ2) is 7.07. The van der Waals surface area contributed by atoms with Crippen molar-refractivity contribution in [2.75, 3.05) is 6.61 Å². The molecule has 0 radical (unpaired) electrons. The summed E-state index contributed by atoms with van der Waals surface area (Å²) >= 11 is 0. The van der Waals surface area contributed by atoms with E-state index in [9.17, 15) is 13.6 Å². The molecule has 1 aliphatic heterocycles. The Morgan fingerprint density at radius 2 is 1.92 bits per heavy atom. The van der Waals surface area contributed by atoms with E-state index in [4.69, 9.17) is 10.5 Å². The van der Waals surface area contributed by atoms with Crippen LogP contribution in [0, 0.1) is 11.6 Å². The van der Waals surface area contributed by atoms with Crippen LogP contribution in [0.1, 0.15) is 29.7 Å². The summed E-state index contributed by atoms with van der Waals surface area (Å²) in [5.74, 6) is -2.33. The number of nitrogens with two attached hydrogens (primary N) is 1. The van der Waals surface area contributed by atoms with Gasteiger partial charge in [0.2, 0.25) is 5.91 Å². The van der Waals surface area contributed by atoms with E-state index in [2.05, 4.69) is 5.32 Å². The minimum Gasteiger partial charge on any atom is -0.372 e. The lowest BCUT2D eigenvalue weighted by Crippen LogP contribution is -2.41. The van der Waals surface area contributed by atoms with Gasteiger partial charge in [0.25, 0.3) is 0 Å². The average Bonchev–Trinajstić information content (AvgIpc) is 3.04. The van der Waals surface area contributed by atoms with Crippen LogP contribution in [0.4, 0.5) is 8.78 Å². The maximum atomic E-state index is 13.5. The van der Waals surface area contributed by atoms with Crippen LogP contribution in [0.3, 0.4) is 0 Å². The van der Waals surface area contributed by atoms with Crippen LogP contribution in [0.15, 0.2) is 48.5 Å². The van der Waals surface area contributed by atoms with Gasteiger partial charge in [-0.1, -0.05) is 36.4 Å². The molecular weight excluding hydrogens is 314 g/mol. The van der Waals surface area contributed by atoms with Gasteiger partial charge in [-0.2, -0.15) is 0 Å². The van der Waals surface area contributed by atoms with Crippen molar-refractivity contribution in [3.63, 3.8) is 0 Å². The monoisotopic (exact) mass is 332 g/mol. The highest BCUT2D eigenvalue weighted by molar-refractivity contribution is 5.81. The van der Waals surface area contributed by atoms with E-state index in [1.54, 1.807) is 0 Å². The van der Waals surface area contributed by atoms with Gasteiger partial charge in [0.05, 0.1) is 6.10 Å². The summed E-state index contributed by atoms with van der Waals surface area (Å²) < 4.78 is 32.3. The normalized spacial score (nSPS) is 21.6. The van der Waals surface area contributed by atoms with Crippen molar-refractivity contribution < 1.29 is 18.3 Å². The highest BCUT2D eigenvalue weighted by Crippen LogP contribution is 2.31. The lowest BCUT2D eigenvalue weighted by Gasteiger charge is -2.25. The first-order valence-corrected chi connectivity index (χ1v) is 7.73. The molecule has 24 heavy (non-hydrogen) atoms. The number of amides is 1. The maximum absolute atomic E-state index is 13.5. The molecule has 2 aromatic rings. The number of halogens is 2. The van der Waals surface area contributed by atoms with Crippen LogP contribution in [0.25, 0.3) is 0 Å². The van der Waals surface area contributed by atoms with Gasteiger partial charge in [-0.15, -0.1) is 0 Å². The molecule has 1 heterocycles. The summed E-state index contributed by atoms with van der Waals surface area (Å²) in [4.78, 5) is 11.8. The van der Waals surface area contributed by atoms with Gasteiger partial charge in [0.15, 0.2) is 11.6 Å². The molecule has 1 aliphatic rings. The minimum absolute atomic E-state index is 0.229. The molecule has 1 fully saturated rings. The maximum Gasteiger partial charge on any atom is 0.239 e. The topological polar surface area (TPSA) is 64.4 Å². The quantitative estimate of drug-likeness (QED) is 0.885. The van der Waals surface area contributed by atoms with E-state index in [1.165, 1.54) is 6.07 Å².